The molecule has 1 fully saturated rings. The largest absolute Gasteiger partial charge is 0.483 e. The van der Waals surface area contributed by atoms with Gasteiger partial charge in [0.15, 0.2) is 11.4 Å². The van der Waals surface area contributed by atoms with E-state index in [2.05, 4.69) is 9.88 Å². The van der Waals surface area contributed by atoms with Crippen LogP contribution in [0.4, 0.5) is 5.82 Å². The maximum Gasteiger partial charge on any atom is 0.274 e. The number of benzene rings is 1. The van der Waals surface area contributed by atoms with Gasteiger partial charge in [0.05, 0.1) is 5.02 Å². The summed E-state index contributed by atoms with van der Waals surface area (Å²) < 4.78 is 7.48. The summed E-state index contributed by atoms with van der Waals surface area (Å²) >= 11 is 5.92. The van der Waals surface area contributed by atoms with Crippen molar-refractivity contribution in [2.24, 2.45) is 7.05 Å². The van der Waals surface area contributed by atoms with E-state index >= 15 is 0 Å². The maximum atomic E-state index is 13.3. The minimum absolute atomic E-state index is 0.0839. The summed E-state index contributed by atoms with van der Waals surface area (Å²) in [7, 11) is 1.75. The first kappa shape index (κ1) is 20.9. The Balaban J connectivity index is 1.50. The predicted octanol–water partition coefficient (Wildman–Crippen LogP) is 2.98. The lowest BCUT2D eigenvalue weighted by atomic mass is 10.2. The van der Waals surface area contributed by atoms with Crippen molar-refractivity contribution < 1.29 is 9.53 Å². The number of amides is 1. The number of rotatable bonds is 5. The molecule has 0 radical (unpaired) electrons. The zero-order valence-corrected chi connectivity index (χ0v) is 18.0. The Morgan fingerprint density at radius 1 is 1.06 bits per heavy atom. The van der Waals surface area contributed by atoms with Crippen molar-refractivity contribution in [1.82, 2.24) is 14.5 Å². The van der Waals surface area contributed by atoms with Gasteiger partial charge in [0.1, 0.15) is 12.4 Å². The normalized spacial score (nSPS) is 13.9. The highest BCUT2D eigenvalue weighted by atomic mass is 35.5. The van der Waals surface area contributed by atoms with Gasteiger partial charge < -0.3 is 19.1 Å². The predicted molar refractivity (Wildman–Crippen MR) is 120 cm³/mol. The molecule has 0 atom stereocenters. The van der Waals surface area contributed by atoms with Crippen molar-refractivity contribution in [3.05, 3.63) is 87.4 Å². The third-order valence-corrected chi connectivity index (χ3v) is 5.50. The molecule has 0 unspecified atom stereocenters. The van der Waals surface area contributed by atoms with Crippen molar-refractivity contribution >= 4 is 23.3 Å². The fourth-order valence-electron chi connectivity index (χ4n) is 3.57. The SMILES string of the molecule is Cn1ccc(=O)c(OCc2ccccc2)c1C(=O)N1CCN(c2ccc(Cl)cn2)CC1. The standard InChI is InChI=1S/C23H23ClN4O3/c1-26-10-9-19(29)22(31-16-17-5-3-2-4-6-17)21(26)23(30)28-13-11-27(12-14-28)20-8-7-18(24)15-25-20/h2-10,15H,11-14,16H2,1H3. The number of nitrogens with zero attached hydrogens (tertiary/aromatic N) is 4. The molecule has 1 saturated heterocycles. The third kappa shape index (κ3) is 4.72. The summed E-state index contributed by atoms with van der Waals surface area (Å²) in [6, 6.07) is 14.7. The van der Waals surface area contributed by atoms with Crippen LogP contribution in [0.3, 0.4) is 0 Å². The molecule has 1 aliphatic heterocycles. The summed E-state index contributed by atoms with van der Waals surface area (Å²) in [6.07, 6.45) is 3.21. The van der Waals surface area contributed by atoms with Gasteiger partial charge in [-0.2, -0.15) is 0 Å². The molecule has 0 spiro atoms. The van der Waals surface area contributed by atoms with Crippen LogP contribution in [0.15, 0.2) is 65.7 Å². The van der Waals surface area contributed by atoms with E-state index in [0.717, 1.165) is 11.4 Å². The number of anilines is 1. The van der Waals surface area contributed by atoms with Crippen LogP contribution in [-0.2, 0) is 13.7 Å². The van der Waals surface area contributed by atoms with E-state index < -0.39 is 0 Å². The van der Waals surface area contributed by atoms with Crippen LogP contribution in [0.5, 0.6) is 5.75 Å². The summed E-state index contributed by atoms with van der Waals surface area (Å²) in [5.74, 6) is 0.697. The number of pyridine rings is 2. The number of halogens is 1. The Bertz CT molecular complexity index is 1110. The molecule has 160 valence electrons. The van der Waals surface area contributed by atoms with E-state index in [1.54, 1.807) is 35.0 Å². The average molecular weight is 439 g/mol. The smallest absolute Gasteiger partial charge is 0.274 e. The number of aryl methyl sites for hydroxylation is 1. The van der Waals surface area contributed by atoms with E-state index in [1.165, 1.54) is 6.07 Å². The number of aromatic nitrogens is 2. The van der Waals surface area contributed by atoms with Crippen LogP contribution in [0, 0.1) is 0 Å². The molecule has 7 nitrogen and oxygen atoms in total. The average Bonchev–Trinajstić information content (AvgIpc) is 2.80. The van der Waals surface area contributed by atoms with Crippen LogP contribution in [0.1, 0.15) is 16.1 Å². The van der Waals surface area contributed by atoms with Gasteiger partial charge in [-0.1, -0.05) is 41.9 Å². The Kier molecular flexibility index (Phi) is 6.23. The second-order valence-electron chi connectivity index (χ2n) is 7.36. The van der Waals surface area contributed by atoms with E-state index in [4.69, 9.17) is 16.3 Å². The first-order valence-electron chi connectivity index (χ1n) is 10.0. The molecule has 1 aromatic carbocycles. The Morgan fingerprint density at radius 3 is 2.48 bits per heavy atom. The number of hydrogen-bond donors (Lipinski definition) is 0. The quantitative estimate of drug-likeness (QED) is 0.612. The third-order valence-electron chi connectivity index (χ3n) is 5.27. The molecule has 3 aromatic rings. The van der Waals surface area contributed by atoms with Gasteiger partial charge in [-0.3, -0.25) is 9.59 Å². The number of piperazine rings is 1. The molecule has 0 aliphatic carbocycles. The number of hydrogen-bond acceptors (Lipinski definition) is 5. The van der Waals surface area contributed by atoms with E-state index in [1.807, 2.05) is 36.4 Å². The van der Waals surface area contributed by atoms with Gasteiger partial charge in [0, 0.05) is 51.7 Å². The first-order chi connectivity index (χ1) is 15.0. The molecule has 8 heteroatoms. The summed E-state index contributed by atoms with van der Waals surface area (Å²) in [5.41, 5.74) is 0.888. The van der Waals surface area contributed by atoms with Crippen molar-refractivity contribution in [3.8, 4) is 5.75 Å². The second kappa shape index (κ2) is 9.22. The van der Waals surface area contributed by atoms with E-state index in [9.17, 15) is 9.59 Å². The van der Waals surface area contributed by atoms with Gasteiger partial charge in [0.25, 0.3) is 5.91 Å². The molecule has 4 rings (SSSR count). The first-order valence-corrected chi connectivity index (χ1v) is 10.4. The van der Waals surface area contributed by atoms with E-state index in [-0.39, 0.29) is 29.4 Å². The lowest BCUT2D eigenvalue weighted by Gasteiger charge is -2.35. The fourth-order valence-corrected chi connectivity index (χ4v) is 3.68. The highest BCUT2D eigenvalue weighted by Gasteiger charge is 2.27. The topological polar surface area (TPSA) is 67.7 Å². The summed E-state index contributed by atoms with van der Waals surface area (Å²) in [6.45, 7) is 2.54. The number of carbonyl (C=O) groups excluding carboxylic acids is 1. The lowest BCUT2D eigenvalue weighted by molar-refractivity contribution is 0.0729. The zero-order chi connectivity index (χ0) is 21.8. The molecule has 31 heavy (non-hydrogen) atoms. The molecule has 1 amide bonds. The zero-order valence-electron chi connectivity index (χ0n) is 17.2. The van der Waals surface area contributed by atoms with Crippen LogP contribution >= 0.6 is 11.6 Å². The number of carbonyl (C=O) groups is 1. The van der Waals surface area contributed by atoms with Gasteiger partial charge >= 0.3 is 0 Å². The van der Waals surface area contributed by atoms with Gasteiger partial charge in [-0.15, -0.1) is 0 Å². The fraction of sp³-hybridized carbons (Fsp3) is 0.261. The van der Waals surface area contributed by atoms with E-state index in [0.29, 0.717) is 31.2 Å². The highest BCUT2D eigenvalue weighted by molar-refractivity contribution is 6.30. The molecule has 0 N–H and O–H groups in total. The molecule has 2 aromatic heterocycles. The van der Waals surface area contributed by atoms with Crippen LogP contribution in [-0.4, -0.2) is 46.5 Å². The molecule has 1 aliphatic rings. The van der Waals surface area contributed by atoms with Crippen molar-refractivity contribution in [2.45, 2.75) is 6.61 Å². The Hall–Kier alpha value is -3.32. The second-order valence-corrected chi connectivity index (χ2v) is 7.79. The monoisotopic (exact) mass is 438 g/mol. The van der Waals surface area contributed by atoms with Crippen molar-refractivity contribution in [1.29, 1.82) is 0 Å². The van der Waals surface area contributed by atoms with Gasteiger partial charge in [0.2, 0.25) is 5.43 Å². The molecule has 0 saturated carbocycles. The molecular weight excluding hydrogens is 416 g/mol. The van der Waals surface area contributed by atoms with Crippen LogP contribution in [0.25, 0.3) is 0 Å². The molecule has 0 bridgehead atoms. The minimum atomic E-state index is -0.304. The maximum absolute atomic E-state index is 13.3. The highest BCUT2D eigenvalue weighted by Crippen LogP contribution is 2.20. The van der Waals surface area contributed by atoms with Crippen molar-refractivity contribution in [2.75, 3.05) is 31.1 Å². The summed E-state index contributed by atoms with van der Waals surface area (Å²) in [4.78, 5) is 34.1. The van der Waals surface area contributed by atoms with Crippen LogP contribution < -0.4 is 15.1 Å². The Morgan fingerprint density at radius 2 is 1.81 bits per heavy atom. The van der Waals surface area contributed by atoms with Crippen molar-refractivity contribution in [3.63, 3.8) is 0 Å². The minimum Gasteiger partial charge on any atom is -0.483 e. The Labute approximate surface area is 185 Å². The number of ether oxygens (including phenoxy) is 1. The molecule has 3 heterocycles. The summed E-state index contributed by atoms with van der Waals surface area (Å²) in [5, 5.41) is 0.589. The van der Waals surface area contributed by atoms with Gasteiger partial charge in [-0.25, -0.2) is 4.98 Å². The lowest BCUT2D eigenvalue weighted by Crippen LogP contribution is -2.49. The van der Waals surface area contributed by atoms with Crippen LogP contribution in [0.2, 0.25) is 5.02 Å². The molecular formula is C23H23ClN4O3. The van der Waals surface area contributed by atoms with Gasteiger partial charge in [-0.05, 0) is 17.7 Å².